The first-order valence-corrected chi connectivity index (χ1v) is 11.5. The zero-order valence-corrected chi connectivity index (χ0v) is 17.9. The van der Waals surface area contributed by atoms with Gasteiger partial charge in [-0.15, -0.1) is 0 Å². The van der Waals surface area contributed by atoms with Crippen molar-refractivity contribution in [3.05, 3.63) is 72.8 Å². The van der Waals surface area contributed by atoms with Crippen LogP contribution in [0, 0.1) is 5.41 Å². The smallest absolute Gasteiger partial charge is 0.316 e. The first-order chi connectivity index (χ1) is 13.5. The predicted octanol–water partition coefficient (Wildman–Crippen LogP) is 6.59. The molecule has 3 aromatic carbocycles. The van der Waals surface area contributed by atoms with Crippen molar-refractivity contribution in [3.63, 3.8) is 0 Å². The van der Waals surface area contributed by atoms with E-state index in [0.29, 0.717) is 5.75 Å². The maximum absolute atomic E-state index is 12.4. The van der Waals surface area contributed by atoms with E-state index in [9.17, 15) is 4.79 Å². The van der Waals surface area contributed by atoms with Gasteiger partial charge in [0.1, 0.15) is 16.6 Å². The fourth-order valence-electron chi connectivity index (χ4n) is 2.93. The molecule has 0 spiro atoms. The molecule has 0 aromatic heterocycles. The summed E-state index contributed by atoms with van der Waals surface area (Å²) in [7, 11) is -0.159. The van der Waals surface area contributed by atoms with Crippen molar-refractivity contribution >= 4 is 28.6 Å². The van der Waals surface area contributed by atoms with Gasteiger partial charge in [-0.25, -0.2) is 0 Å². The van der Waals surface area contributed by atoms with E-state index in [4.69, 9.17) is 4.74 Å². The van der Waals surface area contributed by atoms with Crippen LogP contribution in [-0.2, 0) is 15.7 Å². The monoisotopic (exact) mass is 407 g/mol. The van der Waals surface area contributed by atoms with Gasteiger partial charge in [0.25, 0.3) is 0 Å². The normalized spacial score (nSPS) is 13.5. The Hall–Kier alpha value is -2.17. The number of esters is 1. The van der Waals surface area contributed by atoms with E-state index in [-0.39, 0.29) is 16.9 Å². The van der Waals surface area contributed by atoms with E-state index in [0.717, 1.165) is 6.42 Å². The lowest BCUT2D eigenvalue weighted by Gasteiger charge is -2.20. The lowest BCUT2D eigenvalue weighted by atomic mass is 9.91. The summed E-state index contributed by atoms with van der Waals surface area (Å²) in [6.07, 6.45) is 0.749. The second-order valence-corrected chi connectivity index (χ2v) is 10.4. The summed E-state index contributed by atoms with van der Waals surface area (Å²) in [6.45, 7) is 5.83. The van der Waals surface area contributed by atoms with Crippen LogP contribution in [-0.4, -0.2) is 5.97 Å². The van der Waals surface area contributed by atoms with E-state index >= 15 is 0 Å². The zero-order chi connectivity index (χ0) is 19.7. The number of ether oxygens (including phenoxy) is 1. The number of hydrogen-bond donors (Lipinski definition) is 0. The third kappa shape index (κ3) is 3.59. The summed E-state index contributed by atoms with van der Waals surface area (Å²) >= 11 is 1.84. The fraction of sp³-hybridized carbons (Fsp3) is 0.208. The summed E-state index contributed by atoms with van der Waals surface area (Å²) in [5.74, 6) is 0.418. The molecule has 0 aliphatic carbocycles. The quantitative estimate of drug-likeness (QED) is 0.217. The van der Waals surface area contributed by atoms with Crippen LogP contribution < -0.4 is 4.74 Å². The van der Waals surface area contributed by atoms with Gasteiger partial charge in [-0.2, -0.15) is 0 Å². The molecule has 2 nitrogen and oxygen atoms in total. The Balaban J connectivity index is 1.68. The van der Waals surface area contributed by atoms with Crippen LogP contribution in [0.15, 0.2) is 97.3 Å². The minimum Gasteiger partial charge on any atom is -0.426 e. The highest BCUT2D eigenvalue weighted by Crippen LogP contribution is 2.48. The Bertz CT molecular complexity index is 964. The number of hydrogen-bond acceptors (Lipinski definition) is 3. The van der Waals surface area contributed by atoms with E-state index in [1.807, 2.05) is 44.7 Å². The van der Waals surface area contributed by atoms with Gasteiger partial charge >= 0.3 is 5.97 Å². The highest BCUT2D eigenvalue weighted by atomic mass is 32.2. The van der Waals surface area contributed by atoms with Crippen molar-refractivity contribution in [2.75, 3.05) is 0 Å². The van der Waals surface area contributed by atoms with Crippen molar-refractivity contribution in [1.82, 2.24) is 0 Å². The van der Waals surface area contributed by atoms with Gasteiger partial charge in [-0.1, -0.05) is 43.0 Å². The number of carbonyl (C=O) groups is 1. The molecule has 0 N–H and O–H groups in total. The van der Waals surface area contributed by atoms with Crippen LogP contribution in [0.3, 0.4) is 0 Å². The van der Waals surface area contributed by atoms with Crippen LogP contribution >= 0.6 is 11.8 Å². The van der Waals surface area contributed by atoms with Crippen LogP contribution in [0.4, 0.5) is 0 Å². The third-order valence-corrected chi connectivity index (χ3v) is 8.81. The Morgan fingerprint density at radius 1 is 0.893 bits per heavy atom. The molecule has 1 aliphatic rings. The average Bonchev–Trinajstić information content (AvgIpc) is 2.72. The number of carbonyl (C=O) groups excluding carboxylic acids is 1. The second-order valence-electron chi connectivity index (χ2n) is 7.40. The molecule has 0 radical (unpaired) electrons. The summed E-state index contributed by atoms with van der Waals surface area (Å²) < 4.78 is 5.61. The Morgan fingerprint density at radius 3 is 1.96 bits per heavy atom. The molecule has 0 unspecified atom stereocenters. The van der Waals surface area contributed by atoms with Gasteiger partial charge in [0.2, 0.25) is 0 Å². The molecule has 0 bridgehead atoms. The van der Waals surface area contributed by atoms with Gasteiger partial charge in [-0.3, -0.25) is 4.79 Å². The number of fused-ring (bicyclic) bond motifs is 2. The minimum absolute atomic E-state index is 0.159. The van der Waals surface area contributed by atoms with Gasteiger partial charge in [0.15, 0.2) is 14.7 Å². The Labute approximate surface area is 173 Å². The summed E-state index contributed by atoms with van der Waals surface area (Å²) in [4.78, 5) is 18.9. The first kappa shape index (κ1) is 19.2. The highest BCUT2D eigenvalue weighted by Gasteiger charge is 2.37. The molecular weight excluding hydrogens is 384 g/mol. The van der Waals surface area contributed by atoms with E-state index in [2.05, 4.69) is 60.7 Å². The molecule has 0 fully saturated rings. The topological polar surface area (TPSA) is 26.3 Å². The zero-order valence-electron chi connectivity index (χ0n) is 16.3. The van der Waals surface area contributed by atoms with Gasteiger partial charge in [-0.05, 0) is 68.8 Å². The van der Waals surface area contributed by atoms with E-state index < -0.39 is 5.41 Å². The number of benzene rings is 3. The van der Waals surface area contributed by atoms with Crippen LogP contribution in [0.25, 0.3) is 0 Å². The molecule has 1 heterocycles. The van der Waals surface area contributed by atoms with Crippen LogP contribution in [0.5, 0.6) is 5.75 Å². The molecule has 0 amide bonds. The molecule has 0 saturated carbocycles. The first-order valence-electron chi connectivity index (χ1n) is 9.42. The number of rotatable bonds is 4. The molecule has 28 heavy (non-hydrogen) atoms. The maximum atomic E-state index is 12.4. The fourth-order valence-corrected chi connectivity index (χ4v) is 6.67. The van der Waals surface area contributed by atoms with Crippen molar-refractivity contribution in [2.24, 2.45) is 5.41 Å². The third-order valence-electron chi connectivity index (χ3n) is 5.06. The Kier molecular flexibility index (Phi) is 5.26. The summed E-state index contributed by atoms with van der Waals surface area (Å²) in [6, 6.07) is 25.3. The standard InChI is InChI=1S/C24H23O2S2/c1-4-24(2,3)23(25)26-17-13-15-18(16-14-17)28-21-11-7-5-9-19(21)27-20-10-6-8-12-22(20)28/h5-16H,4H2,1-3H3/q+1. The molecule has 1 aliphatic heterocycles. The molecule has 4 heteroatoms. The van der Waals surface area contributed by atoms with Crippen LogP contribution in [0.1, 0.15) is 27.2 Å². The van der Waals surface area contributed by atoms with Crippen LogP contribution in [0.2, 0.25) is 0 Å². The van der Waals surface area contributed by atoms with E-state index in [1.165, 1.54) is 24.5 Å². The van der Waals surface area contributed by atoms with Crippen molar-refractivity contribution < 1.29 is 9.53 Å². The Morgan fingerprint density at radius 2 is 1.43 bits per heavy atom. The summed E-state index contributed by atoms with van der Waals surface area (Å²) in [5, 5.41) is 0. The maximum Gasteiger partial charge on any atom is 0.316 e. The predicted molar refractivity (Wildman–Crippen MR) is 115 cm³/mol. The van der Waals surface area contributed by atoms with Crippen molar-refractivity contribution in [1.29, 1.82) is 0 Å². The molecule has 3 aromatic rings. The highest BCUT2D eigenvalue weighted by molar-refractivity contribution is 8.04. The summed E-state index contributed by atoms with van der Waals surface area (Å²) in [5.41, 5.74) is -0.473. The van der Waals surface area contributed by atoms with Crippen molar-refractivity contribution in [2.45, 2.75) is 51.7 Å². The van der Waals surface area contributed by atoms with E-state index in [1.54, 1.807) is 0 Å². The molecular formula is C24H23O2S2+. The lowest BCUT2D eigenvalue weighted by Crippen LogP contribution is -2.28. The minimum atomic E-state index is -0.473. The van der Waals surface area contributed by atoms with Gasteiger partial charge in [0.05, 0.1) is 15.2 Å². The average molecular weight is 408 g/mol. The van der Waals surface area contributed by atoms with Gasteiger partial charge < -0.3 is 4.74 Å². The van der Waals surface area contributed by atoms with Gasteiger partial charge in [0, 0.05) is 0 Å². The van der Waals surface area contributed by atoms with Crippen molar-refractivity contribution in [3.8, 4) is 5.75 Å². The lowest BCUT2D eigenvalue weighted by molar-refractivity contribution is -0.144. The largest absolute Gasteiger partial charge is 0.426 e. The molecule has 4 rings (SSSR count). The SMILES string of the molecule is CCC(C)(C)C(=O)Oc1ccc([S+]2c3ccccc3Sc3ccccc32)cc1. The molecule has 0 atom stereocenters. The molecule has 142 valence electrons. The second kappa shape index (κ2) is 7.69. The molecule has 0 saturated heterocycles.